The van der Waals surface area contributed by atoms with Gasteiger partial charge in [-0.1, -0.05) is 0 Å². The van der Waals surface area contributed by atoms with Crippen LogP contribution >= 0.6 is 0 Å². The Morgan fingerprint density at radius 1 is 1.56 bits per heavy atom. The molecule has 0 aliphatic heterocycles. The molecule has 0 amide bonds. The van der Waals surface area contributed by atoms with Crippen molar-refractivity contribution in [1.29, 1.82) is 0 Å². The van der Waals surface area contributed by atoms with E-state index in [1.54, 1.807) is 0 Å². The van der Waals surface area contributed by atoms with Gasteiger partial charge in [-0.25, -0.2) is 0 Å². The summed E-state index contributed by atoms with van der Waals surface area (Å²) < 4.78 is 5.21. The Morgan fingerprint density at radius 2 is 2.11 bits per heavy atom. The Morgan fingerprint density at radius 3 is 2.44 bits per heavy atom. The summed E-state index contributed by atoms with van der Waals surface area (Å²) in [6.07, 6.45) is 0.0448. The maximum atomic E-state index is 5.37. The monoisotopic (exact) mass is 132 g/mol. The Hall–Kier alpha value is -0.120. The number of nitrogens with two attached hydrogens (primary N) is 1. The first-order valence-electron chi connectivity index (χ1n) is 3.22. The van der Waals surface area contributed by atoms with E-state index < -0.39 is 0 Å². The van der Waals surface area contributed by atoms with Crippen molar-refractivity contribution in [3.8, 4) is 0 Å². The van der Waals surface area contributed by atoms with Crippen LogP contribution in [0.25, 0.3) is 0 Å². The van der Waals surface area contributed by atoms with Crippen molar-refractivity contribution in [3.63, 3.8) is 0 Å². The van der Waals surface area contributed by atoms with Crippen LogP contribution in [-0.4, -0.2) is 25.9 Å². The molecule has 0 saturated carbocycles. The van der Waals surface area contributed by atoms with Gasteiger partial charge in [0.05, 0.1) is 6.10 Å². The molecular weight excluding hydrogens is 116 g/mol. The SMILES string of the molecule is CNC[C@H](C)O[C@H](C)N. The molecule has 2 atom stereocenters. The summed E-state index contributed by atoms with van der Waals surface area (Å²) in [6.45, 7) is 4.66. The maximum absolute atomic E-state index is 5.37. The molecule has 0 aromatic carbocycles. The fourth-order valence-electron chi connectivity index (χ4n) is 0.702. The van der Waals surface area contributed by atoms with E-state index in [-0.39, 0.29) is 12.3 Å². The third-order valence-corrected chi connectivity index (χ3v) is 0.939. The van der Waals surface area contributed by atoms with Crippen LogP contribution in [0.2, 0.25) is 0 Å². The first-order valence-corrected chi connectivity index (χ1v) is 3.22. The van der Waals surface area contributed by atoms with Gasteiger partial charge < -0.3 is 15.8 Å². The topological polar surface area (TPSA) is 47.3 Å². The van der Waals surface area contributed by atoms with Crippen molar-refractivity contribution in [3.05, 3.63) is 0 Å². The van der Waals surface area contributed by atoms with Crippen LogP contribution < -0.4 is 11.1 Å². The molecule has 9 heavy (non-hydrogen) atoms. The van der Waals surface area contributed by atoms with Crippen LogP contribution in [0.5, 0.6) is 0 Å². The van der Waals surface area contributed by atoms with Crippen molar-refractivity contribution >= 4 is 0 Å². The van der Waals surface area contributed by atoms with Gasteiger partial charge in [-0.2, -0.15) is 0 Å². The van der Waals surface area contributed by atoms with E-state index in [0.29, 0.717) is 0 Å². The first kappa shape index (κ1) is 8.88. The van der Waals surface area contributed by atoms with Crippen molar-refractivity contribution in [1.82, 2.24) is 5.32 Å². The molecule has 3 nitrogen and oxygen atoms in total. The van der Waals surface area contributed by atoms with Gasteiger partial charge in [-0.3, -0.25) is 0 Å². The Kier molecular flexibility index (Phi) is 4.67. The van der Waals surface area contributed by atoms with Gasteiger partial charge >= 0.3 is 0 Å². The summed E-state index contributed by atoms with van der Waals surface area (Å²) in [6, 6.07) is 0. The Balaban J connectivity index is 3.15. The van der Waals surface area contributed by atoms with Gasteiger partial charge in [0.15, 0.2) is 0 Å². The molecule has 0 aromatic heterocycles. The van der Waals surface area contributed by atoms with Crippen molar-refractivity contribution in [2.24, 2.45) is 5.73 Å². The summed E-state index contributed by atoms with van der Waals surface area (Å²) in [5.41, 5.74) is 5.37. The van der Waals surface area contributed by atoms with Gasteiger partial charge in [0.25, 0.3) is 0 Å². The normalized spacial score (nSPS) is 17.3. The Bertz CT molecular complexity index is 66.1. The molecule has 0 bridgehead atoms. The number of rotatable bonds is 4. The van der Waals surface area contributed by atoms with Crippen LogP contribution in [0, 0.1) is 0 Å². The third-order valence-electron chi connectivity index (χ3n) is 0.939. The van der Waals surface area contributed by atoms with Gasteiger partial charge in [0.1, 0.15) is 6.23 Å². The number of nitrogens with one attached hydrogen (secondary N) is 1. The molecule has 0 fully saturated rings. The fourth-order valence-corrected chi connectivity index (χ4v) is 0.702. The van der Waals surface area contributed by atoms with Gasteiger partial charge in [0.2, 0.25) is 0 Å². The predicted octanol–water partition coefficient (Wildman–Crippen LogP) is -0.0844. The molecule has 0 spiro atoms. The zero-order chi connectivity index (χ0) is 7.28. The molecule has 0 rings (SSSR count). The summed E-state index contributed by atoms with van der Waals surface area (Å²) in [7, 11) is 1.89. The van der Waals surface area contributed by atoms with E-state index in [4.69, 9.17) is 10.5 Å². The van der Waals surface area contributed by atoms with Crippen LogP contribution in [0.3, 0.4) is 0 Å². The van der Waals surface area contributed by atoms with Gasteiger partial charge in [-0.05, 0) is 20.9 Å². The predicted molar refractivity (Wildman–Crippen MR) is 38.1 cm³/mol. The number of hydrogen-bond acceptors (Lipinski definition) is 3. The summed E-state index contributed by atoms with van der Waals surface area (Å²) >= 11 is 0. The second kappa shape index (κ2) is 4.73. The highest BCUT2D eigenvalue weighted by atomic mass is 16.5. The molecule has 0 radical (unpaired) electrons. The lowest BCUT2D eigenvalue weighted by molar-refractivity contribution is 0.0139. The highest BCUT2D eigenvalue weighted by Gasteiger charge is 2.01. The quantitative estimate of drug-likeness (QED) is 0.526. The van der Waals surface area contributed by atoms with E-state index in [2.05, 4.69) is 5.32 Å². The minimum atomic E-state index is -0.159. The zero-order valence-corrected chi connectivity index (χ0v) is 6.35. The summed E-state index contributed by atoms with van der Waals surface area (Å²) in [4.78, 5) is 0. The van der Waals surface area contributed by atoms with Crippen molar-refractivity contribution in [2.75, 3.05) is 13.6 Å². The third kappa shape index (κ3) is 5.76. The molecule has 56 valence electrons. The highest BCUT2D eigenvalue weighted by Crippen LogP contribution is 1.89. The summed E-state index contributed by atoms with van der Waals surface area (Å²) in [5.74, 6) is 0. The largest absolute Gasteiger partial charge is 0.360 e. The maximum Gasteiger partial charge on any atom is 0.103 e. The molecule has 3 heteroatoms. The second-order valence-corrected chi connectivity index (χ2v) is 2.21. The zero-order valence-electron chi connectivity index (χ0n) is 6.35. The van der Waals surface area contributed by atoms with E-state index in [9.17, 15) is 0 Å². The molecule has 0 unspecified atom stereocenters. The molecule has 0 heterocycles. The standard InChI is InChI=1S/C6H16N2O/c1-5(4-8-3)9-6(2)7/h5-6,8H,4,7H2,1-3H3/t5-,6+/m0/s1. The molecule has 0 aliphatic rings. The lowest BCUT2D eigenvalue weighted by atomic mass is 10.4. The van der Waals surface area contributed by atoms with Crippen LogP contribution in [-0.2, 0) is 4.74 Å². The number of ether oxygens (including phenoxy) is 1. The average Bonchev–Trinajstić information content (AvgIpc) is 1.63. The Labute approximate surface area is 56.6 Å². The highest BCUT2D eigenvalue weighted by molar-refractivity contribution is 4.52. The lowest BCUT2D eigenvalue weighted by Crippen LogP contribution is -2.31. The van der Waals surface area contributed by atoms with Gasteiger partial charge in [-0.15, -0.1) is 0 Å². The van der Waals surface area contributed by atoms with Crippen molar-refractivity contribution < 1.29 is 4.74 Å². The molecule has 3 N–H and O–H groups in total. The van der Waals surface area contributed by atoms with Crippen LogP contribution in [0.4, 0.5) is 0 Å². The van der Waals surface area contributed by atoms with E-state index >= 15 is 0 Å². The van der Waals surface area contributed by atoms with E-state index in [1.165, 1.54) is 0 Å². The smallest absolute Gasteiger partial charge is 0.103 e. The van der Waals surface area contributed by atoms with E-state index in [0.717, 1.165) is 6.54 Å². The molecule has 0 aromatic rings. The second-order valence-electron chi connectivity index (χ2n) is 2.21. The number of hydrogen-bond donors (Lipinski definition) is 2. The minimum Gasteiger partial charge on any atom is -0.360 e. The molecule has 0 saturated heterocycles. The van der Waals surface area contributed by atoms with Gasteiger partial charge in [0, 0.05) is 6.54 Å². The van der Waals surface area contributed by atoms with Crippen molar-refractivity contribution in [2.45, 2.75) is 26.2 Å². The molecular formula is C6H16N2O. The van der Waals surface area contributed by atoms with E-state index in [1.807, 2.05) is 20.9 Å². The first-order chi connectivity index (χ1) is 4.16. The average molecular weight is 132 g/mol. The summed E-state index contributed by atoms with van der Waals surface area (Å²) in [5, 5.41) is 2.99. The number of likely N-dealkylation sites (N-methyl/N-ethyl adjacent to an activating group) is 1. The lowest BCUT2D eigenvalue weighted by Gasteiger charge is -2.14. The molecule has 0 aliphatic carbocycles. The fraction of sp³-hybridized carbons (Fsp3) is 1.00. The minimum absolute atomic E-state index is 0.159. The van der Waals surface area contributed by atoms with Crippen LogP contribution in [0.1, 0.15) is 13.8 Å². The van der Waals surface area contributed by atoms with Crippen LogP contribution in [0.15, 0.2) is 0 Å².